The van der Waals surface area contributed by atoms with E-state index in [9.17, 15) is 14.0 Å². The second kappa shape index (κ2) is 9.04. The lowest BCUT2D eigenvalue weighted by molar-refractivity contribution is -0.0828. The number of carbonyl (C=O) groups excluding carboxylic acids is 1. The summed E-state index contributed by atoms with van der Waals surface area (Å²) in [5, 5.41) is 13.3. The average molecular weight is 493 g/mol. The molecule has 0 bridgehead atoms. The lowest BCUT2D eigenvalue weighted by atomic mass is 9.76. The predicted octanol–water partition coefficient (Wildman–Crippen LogP) is 2.50. The number of methoxy groups -OCH3 is 1. The van der Waals surface area contributed by atoms with Crippen molar-refractivity contribution in [3.8, 4) is 5.82 Å². The molecular formula is C24H25FN8O3. The van der Waals surface area contributed by atoms with Gasteiger partial charge in [-0.15, -0.1) is 0 Å². The van der Waals surface area contributed by atoms with E-state index in [4.69, 9.17) is 4.74 Å². The smallest absolute Gasteiger partial charge is 0.280 e. The van der Waals surface area contributed by atoms with Crippen LogP contribution in [0.15, 0.2) is 53.7 Å². The van der Waals surface area contributed by atoms with Gasteiger partial charge in [0.25, 0.3) is 11.5 Å². The summed E-state index contributed by atoms with van der Waals surface area (Å²) >= 11 is 0. The molecule has 0 saturated heterocycles. The first-order valence-electron chi connectivity index (χ1n) is 11.4. The first kappa shape index (κ1) is 23.4. The number of nitrogens with one attached hydrogen (secondary N) is 3. The normalized spacial score (nSPS) is 19.1. The van der Waals surface area contributed by atoms with Crippen molar-refractivity contribution in [2.45, 2.75) is 31.4 Å². The number of hydrogen-bond donors (Lipinski definition) is 3. The molecule has 1 aliphatic rings. The van der Waals surface area contributed by atoms with Crippen LogP contribution in [0.2, 0.25) is 0 Å². The quantitative estimate of drug-likeness (QED) is 0.359. The van der Waals surface area contributed by atoms with Crippen LogP contribution in [0.5, 0.6) is 0 Å². The number of anilines is 3. The van der Waals surface area contributed by atoms with Gasteiger partial charge in [-0.3, -0.25) is 14.2 Å². The average Bonchev–Trinajstić information content (AvgIpc) is 3.31. The Bertz CT molecular complexity index is 1510. The molecule has 0 spiro atoms. The number of pyridine rings is 2. The predicted molar refractivity (Wildman–Crippen MR) is 132 cm³/mol. The Hall–Kier alpha value is -4.32. The molecular weight excluding hydrogens is 467 g/mol. The summed E-state index contributed by atoms with van der Waals surface area (Å²) in [6, 6.07) is 7.35. The molecule has 4 aromatic rings. The van der Waals surface area contributed by atoms with Crippen molar-refractivity contribution < 1.29 is 13.9 Å². The minimum absolute atomic E-state index is 0.112. The van der Waals surface area contributed by atoms with E-state index >= 15 is 0 Å². The molecule has 1 fully saturated rings. The van der Waals surface area contributed by atoms with Gasteiger partial charge in [-0.25, -0.2) is 14.4 Å². The summed E-state index contributed by atoms with van der Waals surface area (Å²) in [5.74, 6) is -0.224. The summed E-state index contributed by atoms with van der Waals surface area (Å²) in [6.45, 7) is 1.96. The van der Waals surface area contributed by atoms with Gasteiger partial charge in [-0.05, 0) is 44.0 Å². The SMILES string of the molecule is CNc1cc(Nc2cccn(-c3ncccc3F)c2=O)nc2c(C(=O)N[C@H]3CC[C@]3(C)OC)cnn12. The van der Waals surface area contributed by atoms with Crippen LogP contribution >= 0.6 is 0 Å². The first-order valence-corrected chi connectivity index (χ1v) is 11.4. The maximum atomic E-state index is 14.2. The Morgan fingerprint density at radius 1 is 1.31 bits per heavy atom. The molecule has 0 aliphatic heterocycles. The van der Waals surface area contributed by atoms with Gasteiger partial charge in [0.15, 0.2) is 17.3 Å². The number of hydrogen-bond acceptors (Lipinski definition) is 8. The third-order valence-corrected chi connectivity index (χ3v) is 6.59. The standard InChI is InChI=1S/C24H25FN8O3/c1-24(36-3)9-8-17(24)30-22(34)14-13-28-33-19(26-2)12-18(31-20(14)33)29-16-7-5-11-32(23(16)35)21-15(25)6-4-10-27-21/h4-7,10-13,17,26H,8-9H2,1-3H3,(H,29,31)(H,30,34)/t17-,24-/m0/s1. The van der Waals surface area contributed by atoms with E-state index in [1.54, 1.807) is 32.4 Å². The fourth-order valence-corrected chi connectivity index (χ4v) is 4.21. The molecule has 36 heavy (non-hydrogen) atoms. The van der Waals surface area contributed by atoms with Crippen LogP contribution in [0, 0.1) is 5.82 Å². The number of nitrogens with zero attached hydrogens (tertiary/aromatic N) is 5. The summed E-state index contributed by atoms with van der Waals surface area (Å²) in [6.07, 6.45) is 5.96. The van der Waals surface area contributed by atoms with Gasteiger partial charge in [0.1, 0.15) is 22.9 Å². The largest absolute Gasteiger partial charge is 0.376 e. The number of halogens is 1. The molecule has 1 amide bonds. The Balaban J connectivity index is 1.49. The van der Waals surface area contributed by atoms with Crippen LogP contribution in [-0.2, 0) is 4.74 Å². The molecule has 0 aromatic carbocycles. The number of aromatic nitrogens is 5. The molecule has 11 nitrogen and oxygen atoms in total. The second-order valence-electron chi connectivity index (χ2n) is 8.68. The fourth-order valence-electron chi connectivity index (χ4n) is 4.21. The third-order valence-electron chi connectivity index (χ3n) is 6.59. The fraction of sp³-hybridized carbons (Fsp3) is 0.292. The Morgan fingerprint density at radius 3 is 2.83 bits per heavy atom. The van der Waals surface area contributed by atoms with Crippen LogP contribution in [-0.4, -0.2) is 55.9 Å². The number of carbonyl (C=O) groups is 1. The molecule has 1 saturated carbocycles. The van der Waals surface area contributed by atoms with Crippen molar-refractivity contribution in [1.82, 2.24) is 29.5 Å². The van der Waals surface area contributed by atoms with Gasteiger partial charge < -0.3 is 20.7 Å². The Labute approximate surface area is 205 Å². The zero-order valence-electron chi connectivity index (χ0n) is 19.9. The second-order valence-corrected chi connectivity index (χ2v) is 8.68. The molecule has 4 aromatic heterocycles. The van der Waals surface area contributed by atoms with E-state index in [0.717, 1.165) is 17.4 Å². The number of rotatable bonds is 7. The summed E-state index contributed by atoms with van der Waals surface area (Å²) < 4.78 is 22.4. The minimum Gasteiger partial charge on any atom is -0.376 e. The number of amides is 1. The van der Waals surface area contributed by atoms with Crippen molar-refractivity contribution in [3.05, 3.63) is 70.7 Å². The summed E-state index contributed by atoms with van der Waals surface area (Å²) in [7, 11) is 3.34. The topological polar surface area (TPSA) is 127 Å². The van der Waals surface area contributed by atoms with Gasteiger partial charge in [0, 0.05) is 32.6 Å². The first-order chi connectivity index (χ1) is 17.3. The van der Waals surface area contributed by atoms with Crippen molar-refractivity contribution in [2.24, 2.45) is 0 Å². The molecule has 3 N–H and O–H groups in total. The third kappa shape index (κ3) is 3.94. The number of fused-ring (bicyclic) bond motifs is 1. The highest BCUT2D eigenvalue weighted by Crippen LogP contribution is 2.35. The van der Waals surface area contributed by atoms with Crippen LogP contribution in [0.4, 0.5) is 21.7 Å². The highest BCUT2D eigenvalue weighted by molar-refractivity contribution is 6.00. The van der Waals surface area contributed by atoms with E-state index in [1.165, 1.54) is 35.2 Å². The molecule has 12 heteroatoms. The van der Waals surface area contributed by atoms with Crippen molar-refractivity contribution in [2.75, 3.05) is 24.8 Å². The molecule has 5 rings (SSSR count). The molecule has 186 valence electrons. The van der Waals surface area contributed by atoms with Gasteiger partial charge in [-0.1, -0.05) is 0 Å². The van der Waals surface area contributed by atoms with Gasteiger partial charge in [-0.2, -0.15) is 9.61 Å². The molecule has 0 radical (unpaired) electrons. The minimum atomic E-state index is -0.625. The van der Waals surface area contributed by atoms with E-state index in [1.807, 2.05) is 6.92 Å². The van der Waals surface area contributed by atoms with Crippen molar-refractivity contribution >= 4 is 28.9 Å². The molecule has 1 aliphatic carbocycles. The highest BCUT2D eigenvalue weighted by Gasteiger charge is 2.44. The molecule has 0 unspecified atom stereocenters. The van der Waals surface area contributed by atoms with Crippen LogP contribution in [0.1, 0.15) is 30.1 Å². The molecule has 2 atom stereocenters. The van der Waals surface area contributed by atoms with Crippen LogP contribution in [0.25, 0.3) is 11.5 Å². The van der Waals surface area contributed by atoms with Crippen LogP contribution < -0.4 is 21.5 Å². The Kier molecular flexibility index (Phi) is 5.88. The van der Waals surface area contributed by atoms with E-state index in [0.29, 0.717) is 17.3 Å². The Morgan fingerprint density at radius 2 is 2.14 bits per heavy atom. The van der Waals surface area contributed by atoms with Gasteiger partial charge >= 0.3 is 0 Å². The summed E-state index contributed by atoms with van der Waals surface area (Å²) in [4.78, 5) is 34.7. The lowest BCUT2D eigenvalue weighted by Crippen LogP contribution is -2.59. The van der Waals surface area contributed by atoms with Gasteiger partial charge in [0.05, 0.1) is 17.8 Å². The maximum absolute atomic E-state index is 14.2. The van der Waals surface area contributed by atoms with Crippen molar-refractivity contribution in [3.63, 3.8) is 0 Å². The zero-order valence-corrected chi connectivity index (χ0v) is 19.9. The van der Waals surface area contributed by atoms with Crippen molar-refractivity contribution in [1.29, 1.82) is 0 Å². The van der Waals surface area contributed by atoms with E-state index in [2.05, 4.69) is 31.0 Å². The molecule has 4 heterocycles. The lowest BCUT2D eigenvalue weighted by Gasteiger charge is -2.45. The monoisotopic (exact) mass is 492 g/mol. The maximum Gasteiger partial charge on any atom is 0.280 e. The zero-order chi connectivity index (χ0) is 25.4. The highest BCUT2D eigenvalue weighted by atomic mass is 19.1. The van der Waals surface area contributed by atoms with Gasteiger partial charge in [0.2, 0.25) is 0 Å². The summed E-state index contributed by atoms with van der Waals surface area (Å²) in [5.41, 5.74) is -0.195. The van der Waals surface area contributed by atoms with Crippen LogP contribution in [0.3, 0.4) is 0 Å². The van der Waals surface area contributed by atoms with E-state index < -0.39 is 17.0 Å². The van der Waals surface area contributed by atoms with E-state index in [-0.39, 0.29) is 29.0 Å². The number of ether oxygens (including phenoxy) is 1.